The number of nitrogens with two attached hydrogens (primary N) is 1. The standard InChI is InChI=1S/C14H19FN4/c1-3-19-10-11(9-17-19)14(8-16)18(2)13-6-4-12(15)5-7-13/h4-7,9-10,14H,3,8,16H2,1-2H3. The second kappa shape index (κ2) is 5.84. The normalized spacial score (nSPS) is 12.4. The van der Waals surface area contributed by atoms with Gasteiger partial charge in [0.1, 0.15) is 5.82 Å². The van der Waals surface area contributed by atoms with Gasteiger partial charge >= 0.3 is 0 Å². The molecule has 1 heterocycles. The molecular formula is C14H19FN4. The minimum Gasteiger partial charge on any atom is -0.366 e. The lowest BCUT2D eigenvalue weighted by Crippen LogP contribution is -2.30. The van der Waals surface area contributed by atoms with E-state index < -0.39 is 0 Å². The molecule has 0 aliphatic rings. The number of anilines is 1. The first-order valence-corrected chi connectivity index (χ1v) is 6.36. The van der Waals surface area contributed by atoms with E-state index in [1.165, 1.54) is 12.1 Å². The predicted molar refractivity (Wildman–Crippen MR) is 74.5 cm³/mol. The molecule has 0 radical (unpaired) electrons. The summed E-state index contributed by atoms with van der Waals surface area (Å²) in [6, 6.07) is 6.44. The van der Waals surface area contributed by atoms with Gasteiger partial charge < -0.3 is 10.6 Å². The number of benzene rings is 1. The van der Waals surface area contributed by atoms with Gasteiger partial charge in [0.2, 0.25) is 0 Å². The van der Waals surface area contributed by atoms with Crippen LogP contribution in [0, 0.1) is 5.82 Å². The summed E-state index contributed by atoms with van der Waals surface area (Å²) in [4.78, 5) is 2.04. The van der Waals surface area contributed by atoms with Crippen LogP contribution in [0.4, 0.5) is 10.1 Å². The Kier molecular flexibility index (Phi) is 4.16. The van der Waals surface area contributed by atoms with Crippen LogP contribution < -0.4 is 10.6 Å². The Hall–Kier alpha value is -1.88. The summed E-state index contributed by atoms with van der Waals surface area (Å²) in [6.07, 6.45) is 3.83. The van der Waals surface area contributed by atoms with E-state index in [0.717, 1.165) is 17.8 Å². The third kappa shape index (κ3) is 2.93. The molecule has 0 amide bonds. The van der Waals surface area contributed by atoms with E-state index in [9.17, 15) is 4.39 Å². The molecule has 0 saturated carbocycles. The Morgan fingerprint density at radius 2 is 2.05 bits per heavy atom. The zero-order chi connectivity index (χ0) is 13.8. The molecule has 5 heteroatoms. The third-order valence-electron chi connectivity index (χ3n) is 3.29. The van der Waals surface area contributed by atoms with Crippen molar-refractivity contribution < 1.29 is 4.39 Å². The van der Waals surface area contributed by atoms with Crippen LogP contribution in [0.5, 0.6) is 0 Å². The van der Waals surface area contributed by atoms with Crippen LogP contribution >= 0.6 is 0 Å². The van der Waals surface area contributed by atoms with E-state index in [1.807, 2.05) is 35.9 Å². The Labute approximate surface area is 112 Å². The molecule has 1 atom stereocenters. The Balaban J connectivity index is 2.23. The van der Waals surface area contributed by atoms with Gasteiger partial charge in [0.25, 0.3) is 0 Å². The number of likely N-dealkylation sites (N-methyl/N-ethyl adjacent to an activating group) is 1. The van der Waals surface area contributed by atoms with Gasteiger partial charge in [0, 0.05) is 37.6 Å². The third-order valence-corrected chi connectivity index (χ3v) is 3.29. The van der Waals surface area contributed by atoms with Crippen LogP contribution in [-0.2, 0) is 6.54 Å². The first kappa shape index (κ1) is 13.5. The second-order valence-corrected chi connectivity index (χ2v) is 4.47. The molecule has 4 nitrogen and oxygen atoms in total. The summed E-state index contributed by atoms with van der Waals surface area (Å²) >= 11 is 0. The van der Waals surface area contributed by atoms with Crippen LogP contribution in [0.25, 0.3) is 0 Å². The van der Waals surface area contributed by atoms with Crippen LogP contribution in [0.1, 0.15) is 18.5 Å². The SMILES string of the molecule is CCn1cc(C(CN)N(C)c2ccc(F)cc2)cn1. The lowest BCUT2D eigenvalue weighted by molar-refractivity contribution is 0.626. The average molecular weight is 262 g/mol. The van der Waals surface area contributed by atoms with Gasteiger partial charge in [0.05, 0.1) is 12.2 Å². The maximum atomic E-state index is 12.9. The van der Waals surface area contributed by atoms with E-state index in [4.69, 9.17) is 5.73 Å². The molecule has 0 fully saturated rings. The van der Waals surface area contributed by atoms with Gasteiger partial charge in [-0.1, -0.05) is 0 Å². The molecule has 1 aromatic carbocycles. The molecule has 0 saturated heterocycles. The highest BCUT2D eigenvalue weighted by molar-refractivity contribution is 5.48. The molecule has 2 aromatic rings. The van der Waals surface area contributed by atoms with E-state index >= 15 is 0 Å². The quantitative estimate of drug-likeness (QED) is 0.898. The monoisotopic (exact) mass is 262 g/mol. The molecule has 0 spiro atoms. The molecule has 2 N–H and O–H groups in total. The van der Waals surface area contributed by atoms with Crippen molar-refractivity contribution in [2.24, 2.45) is 5.73 Å². The van der Waals surface area contributed by atoms with Crippen molar-refractivity contribution in [1.82, 2.24) is 9.78 Å². The first-order valence-electron chi connectivity index (χ1n) is 6.36. The summed E-state index contributed by atoms with van der Waals surface area (Å²) < 4.78 is 14.8. The molecule has 1 unspecified atom stereocenters. The van der Waals surface area contributed by atoms with Gasteiger partial charge in [-0.25, -0.2) is 4.39 Å². The van der Waals surface area contributed by atoms with Gasteiger partial charge in [-0.15, -0.1) is 0 Å². The van der Waals surface area contributed by atoms with E-state index in [1.54, 1.807) is 12.1 Å². The fourth-order valence-corrected chi connectivity index (χ4v) is 2.10. The van der Waals surface area contributed by atoms with Crippen LogP contribution in [0.3, 0.4) is 0 Å². The van der Waals surface area contributed by atoms with Crippen molar-refractivity contribution in [2.75, 3.05) is 18.5 Å². The summed E-state index contributed by atoms with van der Waals surface area (Å²) in [5.41, 5.74) is 7.87. The highest BCUT2D eigenvalue weighted by Crippen LogP contribution is 2.24. The van der Waals surface area contributed by atoms with Crippen LogP contribution in [0.15, 0.2) is 36.7 Å². The molecule has 102 valence electrons. The average Bonchev–Trinajstić information content (AvgIpc) is 2.89. The van der Waals surface area contributed by atoms with Gasteiger partial charge in [-0.2, -0.15) is 5.10 Å². The molecular weight excluding hydrogens is 243 g/mol. The van der Waals surface area contributed by atoms with E-state index in [0.29, 0.717) is 6.54 Å². The molecule has 19 heavy (non-hydrogen) atoms. The van der Waals surface area contributed by atoms with Gasteiger partial charge in [-0.05, 0) is 31.2 Å². The van der Waals surface area contributed by atoms with Crippen molar-refractivity contribution in [3.8, 4) is 0 Å². The van der Waals surface area contributed by atoms with Gasteiger partial charge in [-0.3, -0.25) is 4.68 Å². The fraction of sp³-hybridized carbons (Fsp3) is 0.357. The Bertz CT molecular complexity index is 520. The van der Waals surface area contributed by atoms with Crippen molar-refractivity contribution in [3.05, 3.63) is 48.0 Å². The molecule has 0 bridgehead atoms. The summed E-state index contributed by atoms with van der Waals surface area (Å²) in [5, 5.41) is 4.27. The number of nitrogens with zero attached hydrogens (tertiary/aromatic N) is 3. The van der Waals surface area contributed by atoms with E-state index in [-0.39, 0.29) is 11.9 Å². The lowest BCUT2D eigenvalue weighted by Gasteiger charge is -2.28. The van der Waals surface area contributed by atoms with Crippen molar-refractivity contribution in [3.63, 3.8) is 0 Å². The summed E-state index contributed by atoms with van der Waals surface area (Å²) in [5.74, 6) is -0.236. The second-order valence-electron chi connectivity index (χ2n) is 4.47. The predicted octanol–water partition coefficient (Wildman–Crippen LogP) is 2.18. The minimum absolute atomic E-state index is 0.0331. The first-order chi connectivity index (χ1) is 9.15. The summed E-state index contributed by atoms with van der Waals surface area (Å²) in [7, 11) is 1.95. The number of hydrogen-bond acceptors (Lipinski definition) is 3. The van der Waals surface area contributed by atoms with Crippen molar-refractivity contribution >= 4 is 5.69 Å². The highest BCUT2D eigenvalue weighted by Gasteiger charge is 2.17. The fourth-order valence-electron chi connectivity index (χ4n) is 2.10. The lowest BCUT2D eigenvalue weighted by atomic mass is 10.1. The molecule has 2 rings (SSSR count). The maximum Gasteiger partial charge on any atom is 0.123 e. The number of aromatic nitrogens is 2. The highest BCUT2D eigenvalue weighted by atomic mass is 19.1. The van der Waals surface area contributed by atoms with E-state index in [2.05, 4.69) is 5.10 Å². The number of aryl methyl sites for hydroxylation is 1. The van der Waals surface area contributed by atoms with Gasteiger partial charge in [0.15, 0.2) is 0 Å². The number of hydrogen-bond donors (Lipinski definition) is 1. The summed E-state index contributed by atoms with van der Waals surface area (Å²) in [6.45, 7) is 3.35. The molecule has 0 aliphatic heterocycles. The minimum atomic E-state index is -0.236. The van der Waals surface area contributed by atoms with Crippen LogP contribution in [-0.4, -0.2) is 23.4 Å². The Morgan fingerprint density at radius 1 is 1.37 bits per heavy atom. The van der Waals surface area contributed by atoms with Crippen LogP contribution in [0.2, 0.25) is 0 Å². The maximum absolute atomic E-state index is 12.9. The molecule has 1 aromatic heterocycles. The zero-order valence-electron chi connectivity index (χ0n) is 11.3. The largest absolute Gasteiger partial charge is 0.366 e. The number of halogens is 1. The smallest absolute Gasteiger partial charge is 0.123 e. The van der Waals surface area contributed by atoms with Crippen molar-refractivity contribution in [1.29, 1.82) is 0 Å². The zero-order valence-corrected chi connectivity index (χ0v) is 11.3. The van der Waals surface area contributed by atoms with Crippen molar-refractivity contribution in [2.45, 2.75) is 19.5 Å². The topological polar surface area (TPSA) is 47.1 Å². The molecule has 0 aliphatic carbocycles. The Morgan fingerprint density at radius 3 is 2.58 bits per heavy atom. The number of rotatable bonds is 5.